The van der Waals surface area contributed by atoms with Crippen LogP contribution in [0.3, 0.4) is 0 Å². The van der Waals surface area contributed by atoms with Crippen LogP contribution in [-0.4, -0.2) is 87.8 Å². The van der Waals surface area contributed by atoms with Crippen molar-refractivity contribution >= 4 is 5.97 Å². The molecule has 0 aromatic carbocycles. The van der Waals surface area contributed by atoms with Crippen LogP contribution >= 0.6 is 0 Å². The Morgan fingerprint density at radius 3 is 1.75 bits per heavy atom. The van der Waals surface area contributed by atoms with Gasteiger partial charge in [-0.1, -0.05) is 6.58 Å². The average Bonchev–Trinajstić information content (AvgIpc) is 3.24. The lowest BCUT2D eigenvalue weighted by Gasteiger charge is -2.50. The van der Waals surface area contributed by atoms with Crippen molar-refractivity contribution < 1.29 is 73.8 Å². The van der Waals surface area contributed by atoms with Gasteiger partial charge in [-0.2, -0.15) is 35.1 Å². The third kappa shape index (κ3) is 6.48. The Labute approximate surface area is 250 Å². The molecule has 7 unspecified atom stereocenters. The number of esters is 1. The summed E-state index contributed by atoms with van der Waals surface area (Å²) in [7, 11) is 0. The third-order valence-corrected chi connectivity index (χ3v) is 8.95. The molecule has 3 aliphatic rings. The van der Waals surface area contributed by atoms with Gasteiger partial charge in [0.25, 0.3) is 5.79 Å². The Morgan fingerprint density at radius 2 is 1.34 bits per heavy atom. The monoisotopic (exact) mass is 656 g/mol. The molecule has 0 spiro atoms. The zero-order chi connectivity index (χ0) is 34.2. The SMILES string of the molecule is C=C(C)C(=O)OC1CC(C(C)(C)OC2(C)COC(O)(C(F)(F)F)C2)CC(C(C)(C)OC2(C)COC(O)(C(F)(F)F)C2(F)F)C1. The molecule has 2 saturated heterocycles. The predicted molar refractivity (Wildman–Crippen MR) is 136 cm³/mol. The summed E-state index contributed by atoms with van der Waals surface area (Å²) < 4.78 is 137. The third-order valence-electron chi connectivity index (χ3n) is 8.95. The van der Waals surface area contributed by atoms with Crippen molar-refractivity contribution in [1.82, 2.24) is 0 Å². The van der Waals surface area contributed by atoms with Gasteiger partial charge in [-0.15, -0.1) is 0 Å². The molecule has 0 radical (unpaired) electrons. The first-order valence-electron chi connectivity index (χ1n) is 13.9. The van der Waals surface area contributed by atoms with Crippen molar-refractivity contribution in [2.24, 2.45) is 11.8 Å². The summed E-state index contributed by atoms with van der Waals surface area (Å²) in [6, 6.07) is 0. The van der Waals surface area contributed by atoms with Crippen molar-refractivity contribution in [1.29, 1.82) is 0 Å². The van der Waals surface area contributed by atoms with Gasteiger partial charge in [0.15, 0.2) is 5.60 Å². The second-order valence-corrected chi connectivity index (χ2v) is 13.8. The van der Waals surface area contributed by atoms with Gasteiger partial charge in [-0.05, 0) is 79.6 Å². The van der Waals surface area contributed by atoms with Crippen LogP contribution < -0.4 is 0 Å². The molecule has 2 heterocycles. The number of alkyl halides is 8. The minimum Gasteiger partial charge on any atom is -0.459 e. The first-order chi connectivity index (χ1) is 19.4. The summed E-state index contributed by atoms with van der Waals surface area (Å²) in [6.45, 7) is 10.9. The van der Waals surface area contributed by atoms with Crippen LogP contribution in [0.25, 0.3) is 0 Å². The second-order valence-electron chi connectivity index (χ2n) is 13.8. The fraction of sp³-hybridized carbons (Fsp3) is 0.893. The van der Waals surface area contributed by atoms with Gasteiger partial charge in [-0.3, -0.25) is 0 Å². The smallest absolute Gasteiger partial charge is 0.449 e. The molecule has 0 bridgehead atoms. The summed E-state index contributed by atoms with van der Waals surface area (Å²) in [4.78, 5) is 12.4. The lowest BCUT2D eigenvalue weighted by molar-refractivity contribution is -0.412. The van der Waals surface area contributed by atoms with Gasteiger partial charge in [0.2, 0.25) is 0 Å². The number of rotatable bonds is 8. The number of hydrogen-bond donors (Lipinski definition) is 2. The molecule has 3 fully saturated rings. The van der Waals surface area contributed by atoms with E-state index in [4.69, 9.17) is 18.9 Å². The first kappa shape index (κ1) is 36.9. The van der Waals surface area contributed by atoms with Crippen LogP contribution in [0.2, 0.25) is 0 Å². The second kappa shape index (κ2) is 11.0. The van der Waals surface area contributed by atoms with E-state index >= 15 is 8.78 Å². The molecule has 1 aliphatic carbocycles. The van der Waals surface area contributed by atoms with Crippen LogP contribution in [0.5, 0.6) is 0 Å². The van der Waals surface area contributed by atoms with E-state index in [-0.39, 0.29) is 24.8 Å². The standard InChI is InChI=1S/C28H40F8O8/c1-15(2)19(37)42-18-10-16(20(3,4)43-22(7)12-24(38,40-13-22)27(31,32)33)9-17(11-18)21(5,6)44-23(8)14-41-26(39,25(23,29)30)28(34,35)36/h16-18,38-39H,1,9-14H2,2-8H3. The van der Waals surface area contributed by atoms with Gasteiger partial charge >= 0.3 is 30.0 Å². The maximum atomic E-state index is 15.2. The highest BCUT2D eigenvalue weighted by Gasteiger charge is 2.82. The van der Waals surface area contributed by atoms with E-state index in [1.807, 2.05) is 0 Å². The van der Waals surface area contributed by atoms with E-state index in [9.17, 15) is 41.4 Å². The summed E-state index contributed by atoms with van der Waals surface area (Å²) in [6.07, 6.45) is -12.6. The summed E-state index contributed by atoms with van der Waals surface area (Å²) >= 11 is 0. The molecule has 3 rings (SSSR count). The normalized spacial score (nSPS) is 38.5. The summed E-state index contributed by atoms with van der Waals surface area (Å²) in [5, 5.41) is 19.9. The number of hydrogen-bond acceptors (Lipinski definition) is 8. The number of carbonyl (C=O) groups is 1. The predicted octanol–water partition coefficient (Wildman–Crippen LogP) is 5.59. The zero-order valence-electron chi connectivity index (χ0n) is 25.5. The van der Waals surface area contributed by atoms with Gasteiger partial charge < -0.3 is 33.9 Å². The van der Waals surface area contributed by atoms with Crippen LogP contribution in [0.15, 0.2) is 12.2 Å². The van der Waals surface area contributed by atoms with Crippen molar-refractivity contribution in [3.63, 3.8) is 0 Å². The number of halogens is 8. The van der Waals surface area contributed by atoms with Crippen molar-refractivity contribution in [3.8, 4) is 0 Å². The number of carbonyl (C=O) groups excluding carboxylic acids is 1. The van der Waals surface area contributed by atoms with Crippen LogP contribution in [0, 0.1) is 11.8 Å². The van der Waals surface area contributed by atoms with Crippen LogP contribution in [0.4, 0.5) is 35.1 Å². The Kier molecular flexibility index (Phi) is 9.22. The lowest BCUT2D eigenvalue weighted by atomic mass is 9.67. The Bertz CT molecular complexity index is 1120. The molecule has 256 valence electrons. The highest BCUT2D eigenvalue weighted by molar-refractivity contribution is 5.87. The lowest BCUT2D eigenvalue weighted by Crippen LogP contribution is -2.64. The molecule has 0 aromatic rings. The minimum atomic E-state index is -5.85. The maximum absolute atomic E-state index is 15.2. The molecule has 16 heteroatoms. The van der Waals surface area contributed by atoms with Crippen molar-refractivity contribution in [3.05, 3.63) is 12.2 Å². The average molecular weight is 657 g/mol. The zero-order valence-corrected chi connectivity index (χ0v) is 25.5. The van der Waals surface area contributed by atoms with Gasteiger partial charge in [-0.25, -0.2) is 4.79 Å². The quantitative estimate of drug-likeness (QED) is 0.198. The molecule has 8 nitrogen and oxygen atoms in total. The fourth-order valence-corrected chi connectivity index (χ4v) is 6.40. The molecule has 0 amide bonds. The Hall–Kier alpha value is -1.59. The minimum absolute atomic E-state index is 0.0127. The summed E-state index contributed by atoms with van der Waals surface area (Å²) in [5.74, 6) is -15.4. The molecular weight excluding hydrogens is 616 g/mol. The van der Waals surface area contributed by atoms with E-state index < -0.39 is 95.8 Å². The van der Waals surface area contributed by atoms with Gasteiger partial charge in [0.05, 0.1) is 30.0 Å². The number of ether oxygens (including phenoxy) is 5. The van der Waals surface area contributed by atoms with E-state index in [1.54, 1.807) is 13.8 Å². The van der Waals surface area contributed by atoms with Crippen molar-refractivity contribution in [2.45, 2.75) is 133 Å². The summed E-state index contributed by atoms with van der Waals surface area (Å²) in [5.41, 5.74) is -7.45. The molecule has 44 heavy (non-hydrogen) atoms. The molecule has 1 saturated carbocycles. The Morgan fingerprint density at radius 1 is 0.841 bits per heavy atom. The van der Waals surface area contributed by atoms with Gasteiger partial charge in [0.1, 0.15) is 6.10 Å². The topological polar surface area (TPSA) is 104 Å². The molecular formula is C28H40F8O8. The van der Waals surface area contributed by atoms with E-state index in [0.717, 1.165) is 0 Å². The van der Waals surface area contributed by atoms with Crippen molar-refractivity contribution in [2.75, 3.05) is 13.2 Å². The number of aliphatic hydroxyl groups is 2. The van der Waals surface area contributed by atoms with E-state index in [0.29, 0.717) is 6.92 Å². The highest BCUT2D eigenvalue weighted by Crippen LogP contribution is 2.57. The largest absolute Gasteiger partial charge is 0.459 e. The van der Waals surface area contributed by atoms with Gasteiger partial charge in [0, 0.05) is 12.0 Å². The Balaban J connectivity index is 1.91. The molecule has 7 atom stereocenters. The van der Waals surface area contributed by atoms with Crippen LogP contribution in [-0.2, 0) is 28.5 Å². The van der Waals surface area contributed by atoms with E-state index in [1.165, 1.54) is 27.7 Å². The van der Waals surface area contributed by atoms with E-state index in [2.05, 4.69) is 11.3 Å². The fourth-order valence-electron chi connectivity index (χ4n) is 6.40. The molecule has 2 N–H and O–H groups in total. The molecule has 2 aliphatic heterocycles. The van der Waals surface area contributed by atoms with Crippen LogP contribution in [0.1, 0.15) is 74.1 Å². The first-order valence-corrected chi connectivity index (χ1v) is 13.9. The molecule has 0 aromatic heterocycles. The maximum Gasteiger partial charge on any atom is 0.449 e. The highest BCUT2D eigenvalue weighted by atomic mass is 19.4.